The summed E-state index contributed by atoms with van der Waals surface area (Å²) in [5.74, 6) is 1.20. The van der Waals surface area contributed by atoms with Crippen molar-refractivity contribution in [3.8, 4) is 11.5 Å². The number of alkyl halides is 12. The summed E-state index contributed by atoms with van der Waals surface area (Å²) < 4.78 is 192. The second kappa shape index (κ2) is 7.65. The van der Waals surface area contributed by atoms with Crippen LogP contribution in [-0.4, -0.2) is 19.9 Å². The Bertz CT molecular complexity index is 3290. The van der Waals surface area contributed by atoms with Gasteiger partial charge in [-0.05, 0) is 0 Å². The van der Waals surface area contributed by atoms with Gasteiger partial charge >= 0.3 is 358 Å². The van der Waals surface area contributed by atoms with Crippen molar-refractivity contribution in [1.82, 2.24) is 0 Å². The second-order valence-electron chi connectivity index (χ2n) is 21.4. The molecule has 1 spiro atoms. The van der Waals surface area contributed by atoms with Crippen LogP contribution in [0.2, 0.25) is 42.8 Å². The quantitative estimate of drug-likeness (QED) is 0.0789. The summed E-state index contributed by atoms with van der Waals surface area (Å²) in [5, 5.41) is 0.644. The predicted octanol–water partition coefficient (Wildman–Crippen LogP) is 13.2. The summed E-state index contributed by atoms with van der Waals surface area (Å²) in [6, 6.07) is 26.7. The first kappa shape index (κ1) is 39.3. The summed E-state index contributed by atoms with van der Waals surface area (Å²) in [6.45, 7) is -3.75. The Labute approximate surface area is 356 Å². The first-order chi connectivity index (χ1) is 30.4. The van der Waals surface area contributed by atoms with Crippen LogP contribution in [0.15, 0.2) is 109 Å². The summed E-state index contributed by atoms with van der Waals surface area (Å²) in [5.41, 5.74) is -8.51. The van der Waals surface area contributed by atoms with Gasteiger partial charge in [-0.25, -0.2) is 0 Å². The van der Waals surface area contributed by atoms with E-state index in [4.69, 9.17) is 9.47 Å². The summed E-state index contributed by atoms with van der Waals surface area (Å²) >= 11 is 0. The fourth-order valence-corrected chi connectivity index (χ4v) is 111. The molecule has 15 rings (SSSR count). The van der Waals surface area contributed by atoms with Gasteiger partial charge < -0.3 is 0 Å². The Morgan fingerprint density at radius 3 is 1.26 bits per heavy atom. The van der Waals surface area contributed by atoms with Crippen LogP contribution in [0.4, 0.5) is 52.7 Å². The Kier molecular flexibility index (Phi) is 4.62. The van der Waals surface area contributed by atoms with Gasteiger partial charge in [0.25, 0.3) is 0 Å². The molecule has 5 unspecified atom stereocenters. The number of fused-ring (bicyclic) bond motifs is 10. The molecular formula is C48H36F12FeO2P2. The zero-order chi connectivity index (χ0) is 45.7. The monoisotopic (exact) mass is 990 g/mol. The third-order valence-corrected chi connectivity index (χ3v) is 72.9. The van der Waals surface area contributed by atoms with E-state index in [1.165, 1.54) is 0 Å². The summed E-state index contributed by atoms with van der Waals surface area (Å²) in [6.07, 6.45) is -22.6. The third-order valence-electron chi connectivity index (χ3n) is 23.9. The molecule has 10 aliphatic rings. The molecule has 0 bridgehead atoms. The SMILES string of the molecule is COc1ccccc1P(c1ccccc1OC)c1ccccc1[C]12[CH]3[CH]4[CH]5[C@]1(C(C)P(c1cccc(C(F)(F)F)c1C(F)(F)F)c1cccc(C(F)(F)F)c1C(F)(F)F)[Fe]43521678[CH]2[CH]1[CH]6[CH]7[CH]28. The fraction of sp³-hybridized carbons (Fsp3) is 0.375. The maximum absolute atomic E-state index is 15.5. The van der Waals surface area contributed by atoms with Crippen LogP contribution in [0.5, 0.6) is 11.5 Å². The standard InChI is InChI=1S/C43H31F12O2P2.C5H5.Fe/c1-25(58(36-23-11-16-29(40(44,45)46)38(36)42(50,51)52)37-24-12-17-30(41(47,48)49)39(37)43(53,54)55)26-14-10-15-27(26)28-13-4-7-20-33(28)59(34-21-8-5-18-31(34)56-2)35-22-9-6-19-32(35)57-3;1-2-4-5-3-1;/h4-25H,1-3H3;1-5H;. The maximum atomic E-state index is 15.5. The van der Waals surface area contributed by atoms with Gasteiger partial charge in [0.1, 0.15) is 0 Å². The van der Waals surface area contributed by atoms with Gasteiger partial charge in [-0.1, -0.05) is 0 Å². The van der Waals surface area contributed by atoms with Gasteiger partial charge in [-0.2, -0.15) is 0 Å². The van der Waals surface area contributed by atoms with Crippen molar-refractivity contribution in [2.75, 3.05) is 14.2 Å². The van der Waals surface area contributed by atoms with E-state index in [9.17, 15) is 26.3 Å². The molecule has 5 aromatic carbocycles. The average molecular weight is 991 g/mol. The average Bonchev–Trinajstić information content (AvgIpc) is 4.21. The molecule has 5 aromatic rings. The van der Waals surface area contributed by atoms with Crippen LogP contribution in [0.1, 0.15) is 34.7 Å². The van der Waals surface area contributed by atoms with Crippen molar-refractivity contribution in [2.24, 2.45) is 0 Å². The molecule has 0 radical (unpaired) electrons. The van der Waals surface area contributed by atoms with E-state index in [2.05, 4.69) is 12.1 Å². The molecule has 10 aliphatic heterocycles. The molecule has 6 atom stereocenters. The molecule has 2 nitrogen and oxygen atoms in total. The minimum atomic E-state index is -5.72. The summed E-state index contributed by atoms with van der Waals surface area (Å²) in [7, 11) is -1.60. The molecule has 65 heavy (non-hydrogen) atoms. The molecule has 0 N–H and O–H groups in total. The van der Waals surface area contributed by atoms with Crippen molar-refractivity contribution in [1.29, 1.82) is 0 Å². The number of methoxy groups -OCH3 is 2. The van der Waals surface area contributed by atoms with Crippen LogP contribution in [-0.2, 0) is 35.5 Å². The Balaban J connectivity index is 1.03. The van der Waals surface area contributed by atoms with Crippen molar-refractivity contribution in [3.63, 3.8) is 0 Å². The van der Waals surface area contributed by atoms with Gasteiger partial charge in [0.05, 0.1) is 0 Å². The van der Waals surface area contributed by atoms with Crippen LogP contribution in [0.25, 0.3) is 0 Å². The third kappa shape index (κ3) is 1.68. The van der Waals surface area contributed by atoms with E-state index >= 15 is 26.3 Å². The second-order valence-corrected chi connectivity index (χ2v) is 49.3. The van der Waals surface area contributed by atoms with E-state index in [0.29, 0.717) is 40.4 Å². The molecular weight excluding hydrogens is 954 g/mol. The molecule has 0 saturated carbocycles. The predicted molar refractivity (Wildman–Crippen MR) is 221 cm³/mol. The Hall–Kier alpha value is -3.76. The van der Waals surface area contributed by atoms with Crippen molar-refractivity contribution < 1.29 is 68.7 Å². The number of benzene rings is 5. The Morgan fingerprint density at radius 2 is 0.877 bits per heavy atom. The number of para-hydroxylation sites is 2. The number of hydrogen-bond donors (Lipinski definition) is 0. The minimum absolute atomic E-state index is 0.0774. The van der Waals surface area contributed by atoms with Crippen molar-refractivity contribution in [3.05, 3.63) is 137 Å². The normalized spacial score (nSPS) is 42.6. The number of halogens is 12. The molecule has 10 heterocycles. The van der Waals surface area contributed by atoms with Gasteiger partial charge in [0, 0.05) is 0 Å². The van der Waals surface area contributed by atoms with Crippen molar-refractivity contribution >= 4 is 42.4 Å². The van der Waals surface area contributed by atoms with Crippen LogP contribution < -0.4 is 36.0 Å². The molecule has 10 saturated heterocycles. The van der Waals surface area contributed by atoms with Gasteiger partial charge in [0.15, 0.2) is 0 Å². The van der Waals surface area contributed by atoms with Gasteiger partial charge in [0.2, 0.25) is 0 Å². The van der Waals surface area contributed by atoms with Crippen LogP contribution >= 0.6 is 15.8 Å². The molecule has 342 valence electrons. The fourth-order valence-electron chi connectivity index (χ4n) is 25.0. The van der Waals surface area contributed by atoms with E-state index in [1.807, 2.05) is 60.7 Å². The van der Waals surface area contributed by atoms with E-state index < -0.39 is 94.2 Å². The van der Waals surface area contributed by atoms with E-state index in [1.54, 1.807) is 21.1 Å². The van der Waals surface area contributed by atoms with E-state index in [0.717, 1.165) is 45.7 Å². The van der Waals surface area contributed by atoms with Crippen LogP contribution in [0, 0.1) is 0 Å². The molecule has 17 heteroatoms. The zero-order valence-electron chi connectivity index (χ0n) is 34.2. The first-order valence-corrected chi connectivity index (χ1v) is 30.1. The first-order valence-electron chi connectivity index (χ1n) is 21.1. The molecule has 10 fully saturated rings. The Morgan fingerprint density at radius 1 is 0.477 bits per heavy atom. The molecule has 0 aromatic heterocycles. The summed E-state index contributed by atoms with van der Waals surface area (Å²) in [4.78, 5) is 2.34. The van der Waals surface area contributed by atoms with E-state index in [-0.39, 0.29) is 21.8 Å². The van der Waals surface area contributed by atoms with Crippen molar-refractivity contribution in [2.45, 2.75) is 84.4 Å². The number of rotatable bonds is 10. The van der Waals surface area contributed by atoms with Gasteiger partial charge in [-0.15, -0.1) is 0 Å². The molecule has 0 amide bonds. The molecule has 0 aliphatic carbocycles. The number of ether oxygens (including phenoxy) is 2. The van der Waals surface area contributed by atoms with Gasteiger partial charge in [-0.3, -0.25) is 0 Å². The number of hydrogen-bond acceptors (Lipinski definition) is 2. The zero-order valence-corrected chi connectivity index (χ0v) is 37.1. The van der Waals surface area contributed by atoms with Crippen LogP contribution in [0.3, 0.4) is 0 Å². The topological polar surface area (TPSA) is 18.5 Å².